The van der Waals surface area contributed by atoms with Crippen LogP contribution in [0.3, 0.4) is 0 Å². The van der Waals surface area contributed by atoms with Gasteiger partial charge in [0.05, 0.1) is 0 Å². The maximum atomic E-state index is 3.71. The van der Waals surface area contributed by atoms with Gasteiger partial charge in [-0.3, -0.25) is 6.08 Å². The topological polar surface area (TPSA) is 0 Å². The zero-order chi connectivity index (χ0) is 16.8. The Kier molecular flexibility index (Phi) is 10.3. The van der Waals surface area contributed by atoms with Crippen LogP contribution in [0.1, 0.15) is 30.4 Å². The predicted molar refractivity (Wildman–Crippen MR) is 107 cm³/mol. The second-order valence-corrected chi connectivity index (χ2v) is 16.3. The van der Waals surface area contributed by atoms with Crippen molar-refractivity contribution < 1.29 is 51.0 Å². The maximum Gasteiger partial charge on any atom is 3.00 e. The van der Waals surface area contributed by atoms with Crippen LogP contribution in [0.5, 0.6) is 0 Å². The average molecular weight is 499 g/mol. The Morgan fingerprint density at radius 3 is 2.31 bits per heavy atom. The van der Waals surface area contributed by atoms with Crippen LogP contribution < -0.4 is 24.8 Å². The van der Waals surface area contributed by atoms with Crippen LogP contribution >= 0.6 is 0 Å². The fraction of sp³-hybridized carbons (Fsp3) is 0.429. The SMILES string of the molecule is CC1=C(C[Si](C)(C)C)c2ccccc2C1C1=[C-]CC=C1[Si](C)C.[Cl-].[Cl-].[Zr+3]. The summed E-state index contributed by atoms with van der Waals surface area (Å²) in [6, 6.07) is 10.4. The van der Waals surface area contributed by atoms with Gasteiger partial charge in [0.2, 0.25) is 0 Å². The zero-order valence-corrected chi connectivity index (χ0v) is 22.6. The van der Waals surface area contributed by atoms with Crippen LogP contribution in [-0.2, 0) is 26.2 Å². The molecule has 0 spiro atoms. The molecule has 2 aliphatic carbocycles. The molecule has 0 saturated heterocycles. The van der Waals surface area contributed by atoms with Gasteiger partial charge in [-0.2, -0.15) is 6.08 Å². The smallest absolute Gasteiger partial charge is 1.00 e. The molecule has 138 valence electrons. The van der Waals surface area contributed by atoms with Gasteiger partial charge in [-0.05, 0) is 44.4 Å². The minimum absolute atomic E-state index is 0. The first-order valence-electron chi connectivity index (χ1n) is 8.70. The molecule has 1 unspecified atom stereocenters. The molecule has 0 N–H and O–H groups in total. The van der Waals surface area contributed by atoms with E-state index in [1.54, 1.807) is 16.3 Å². The Morgan fingerprint density at radius 2 is 1.73 bits per heavy atom. The summed E-state index contributed by atoms with van der Waals surface area (Å²) in [4.78, 5) is 0. The molecule has 0 bridgehead atoms. The van der Waals surface area contributed by atoms with E-state index < -0.39 is 16.9 Å². The molecule has 0 saturated carbocycles. The van der Waals surface area contributed by atoms with Crippen molar-refractivity contribution in [2.45, 2.75) is 58.0 Å². The number of rotatable bonds is 4. The Balaban J connectivity index is 0.00000208. The van der Waals surface area contributed by atoms with Crippen LogP contribution in [0.2, 0.25) is 38.8 Å². The van der Waals surface area contributed by atoms with Crippen molar-refractivity contribution in [3.8, 4) is 0 Å². The number of hydrogen-bond acceptors (Lipinski definition) is 0. The van der Waals surface area contributed by atoms with Crippen molar-refractivity contribution in [2.24, 2.45) is 0 Å². The summed E-state index contributed by atoms with van der Waals surface area (Å²) in [5, 5.41) is 1.61. The Morgan fingerprint density at radius 1 is 1.12 bits per heavy atom. The van der Waals surface area contributed by atoms with Gasteiger partial charge in [0.1, 0.15) is 0 Å². The summed E-state index contributed by atoms with van der Waals surface area (Å²) >= 11 is 0. The van der Waals surface area contributed by atoms with Gasteiger partial charge in [0.15, 0.2) is 0 Å². The predicted octanol–water partition coefficient (Wildman–Crippen LogP) is 0.254. The van der Waals surface area contributed by atoms with E-state index in [9.17, 15) is 0 Å². The molecule has 0 heterocycles. The van der Waals surface area contributed by atoms with Crippen molar-refractivity contribution in [1.82, 2.24) is 0 Å². The second kappa shape index (κ2) is 10.2. The molecule has 26 heavy (non-hydrogen) atoms. The van der Waals surface area contributed by atoms with Crippen LogP contribution in [-0.4, -0.2) is 16.9 Å². The van der Waals surface area contributed by atoms with Crippen LogP contribution in [0.4, 0.5) is 0 Å². The average Bonchev–Trinajstić information content (AvgIpc) is 3.02. The van der Waals surface area contributed by atoms with Gasteiger partial charge >= 0.3 is 26.2 Å². The van der Waals surface area contributed by atoms with Gasteiger partial charge in [-0.15, -0.1) is 6.42 Å². The third kappa shape index (κ3) is 5.23. The first kappa shape index (κ1) is 26.3. The summed E-state index contributed by atoms with van der Waals surface area (Å²) in [5.74, 6) is 0.464. The number of hydrogen-bond donors (Lipinski definition) is 0. The molecule has 0 nitrogen and oxygen atoms in total. The molecule has 0 amide bonds. The number of benzene rings is 1. The van der Waals surface area contributed by atoms with Gasteiger partial charge in [-0.25, -0.2) is 10.8 Å². The van der Waals surface area contributed by atoms with Crippen molar-refractivity contribution >= 4 is 22.4 Å². The van der Waals surface area contributed by atoms with Gasteiger partial charge in [0, 0.05) is 8.07 Å². The number of allylic oxidation sites excluding steroid dienone is 6. The van der Waals surface area contributed by atoms with E-state index in [2.05, 4.69) is 76.1 Å². The van der Waals surface area contributed by atoms with E-state index in [0.29, 0.717) is 5.92 Å². The molecule has 0 aliphatic heterocycles. The van der Waals surface area contributed by atoms with Crippen molar-refractivity contribution in [3.05, 3.63) is 63.9 Å². The summed E-state index contributed by atoms with van der Waals surface area (Å²) < 4.78 is 0. The molecule has 1 aromatic carbocycles. The molecule has 2 aliphatic rings. The Hall–Kier alpha value is 0.337. The second-order valence-electron chi connectivity index (χ2n) is 8.33. The van der Waals surface area contributed by atoms with E-state index in [4.69, 9.17) is 0 Å². The largest absolute Gasteiger partial charge is 3.00 e. The minimum atomic E-state index is -1.14. The first-order valence-corrected chi connectivity index (χ1v) is 14.9. The number of fused-ring (bicyclic) bond motifs is 1. The summed E-state index contributed by atoms with van der Waals surface area (Å²) in [6.07, 6.45) is 7.15. The first-order chi connectivity index (χ1) is 10.8. The molecule has 2 radical (unpaired) electrons. The molecule has 1 aromatic rings. The van der Waals surface area contributed by atoms with Crippen LogP contribution in [0.15, 0.2) is 46.7 Å². The quantitative estimate of drug-likeness (QED) is 0.413. The van der Waals surface area contributed by atoms with E-state index in [1.165, 1.54) is 22.7 Å². The molecule has 5 heteroatoms. The Labute approximate surface area is 194 Å². The number of halogens is 2. The third-order valence-electron chi connectivity index (χ3n) is 4.93. The van der Waals surface area contributed by atoms with Gasteiger partial charge < -0.3 is 24.8 Å². The van der Waals surface area contributed by atoms with E-state index in [1.807, 2.05) is 0 Å². The van der Waals surface area contributed by atoms with Gasteiger partial charge in [0.25, 0.3) is 0 Å². The molecular weight excluding hydrogens is 471 g/mol. The van der Waals surface area contributed by atoms with E-state index in [0.717, 1.165) is 6.42 Å². The Bertz CT molecular complexity index is 728. The van der Waals surface area contributed by atoms with Crippen molar-refractivity contribution in [3.63, 3.8) is 0 Å². The third-order valence-corrected chi connectivity index (χ3v) is 7.89. The zero-order valence-electron chi connectivity index (χ0n) is 16.6. The fourth-order valence-corrected chi connectivity index (χ4v) is 6.79. The minimum Gasteiger partial charge on any atom is -1.00 e. The molecule has 1 atom stereocenters. The van der Waals surface area contributed by atoms with Gasteiger partial charge in [-0.1, -0.05) is 62.6 Å². The molecular formula is C21H28Cl2Si2Zr. The summed E-state index contributed by atoms with van der Waals surface area (Å²) in [5.41, 5.74) is 7.76. The fourth-order valence-electron chi connectivity index (χ4n) is 3.98. The monoisotopic (exact) mass is 496 g/mol. The van der Waals surface area contributed by atoms with Crippen LogP contribution in [0, 0.1) is 6.08 Å². The molecule has 0 fully saturated rings. The van der Waals surface area contributed by atoms with E-state index >= 15 is 0 Å². The summed E-state index contributed by atoms with van der Waals surface area (Å²) in [6.45, 7) is 14.6. The standard InChI is InChI=1S/C21H28Si2.2ClH.Zr/c1-15-19(14-23(4,5)6)16-10-7-8-11-17(16)21(15)18-12-9-13-20(18)22(2)3;;;/h7-8,10-11,13,21H,9,14H2,1-6H3;2*1H;/q-1;;;+3/p-2. The van der Waals surface area contributed by atoms with E-state index in [-0.39, 0.29) is 51.0 Å². The molecule has 3 rings (SSSR count). The van der Waals surface area contributed by atoms with Crippen molar-refractivity contribution in [1.29, 1.82) is 0 Å². The summed E-state index contributed by atoms with van der Waals surface area (Å²) in [7, 11) is -1.56. The van der Waals surface area contributed by atoms with Crippen LogP contribution in [0.25, 0.3) is 5.57 Å². The molecule has 0 aromatic heterocycles. The normalized spacial score (nSPS) is 18.5. The maximum absolute atomic E-state index is 3.71. The van der Waals surface area contributed by atoms with Crippen molar-refractivity contribution in [2.75, 3.05) is 0 Å².